The van der Waals surface area contributed by atoms with Crippen LogP contribution in [0.2, 0.25) is 5.02 Å². The molecule has 1 aliphatic rings. The van der Waals surface area contributed by atoms with Crippen LogP contribution in [-0.4, -0.2) is 16.9 Å². The molecule has 0 radical (unpaired) electrons. The van der Waals surface area contributed by atoms with Crippen LogP contribution in [0.15, 0.2) is 48.5 Å². The maximum Gasteiger partial charge on any atom is 0.251 e. The number of carbonyl (C=O) groups is 1. The molecule has 3 aromatic rings. The van der Waals surface area contributed by atoms with Crippen LogP contribution in [0.3, 0.4) is 0 Å². The second-order valence-corrected chi connectivity index (χ2v) is 6.49. The van der Waals surface area contributed by atoms with Crippen molar-refractivity contribution in [2.45, 2.75) is 25.3 Å². The van der Waals surface area contributed by atoms with E-state index < -0.39 is 0 Å². The summed E-state index contributed by atoms with van der Waals surface area (Å²) in [4.78, 5) is 15.9. The molecule has 1 amide bonds. The number of fused-ring (bicyclic) bond motifs is 3. The lowest BCUT2D eigenvalue weighted by atomic mass is 9.91. The summed E-state index contributed by atoms with van der Waals surface area (Å²) in [7, 11) is 0. The Morgan fingerprint density at radius 2 is 2.04 bits per heavy atom. The van der Waals surface area contributed by atoms with E-state index in [-0.39, 0.29) is 11.9 Å². The normalized spacial score (nSPS) is 17.0. The number of rotatable bonds is 2. The SMILES string of the molecule is O=C(NC1CCc2c([nH]c3ccccc23)C1)c1cccc(Cl)c1. The molecule has 0 aliphatic heterocycles. The molecule has 2 aromatic carbocycles. The van der Waals surface area contributed by atoms with Gasteiger partial charge in [-0.05, 0) is 42.7 Å². The van der Waals surface area contributed by atoms with E-state index in [1.54, 1.807) is 24.3 Å². The van der Waals surface area contributed by atoms with Crippen molar-refractivity contribution in [3.63, 3.8) is 0 Å². The van der Waals surface area contributed by atoms with E-state index in [2.05, 4.69) is 28.5 Å². The molecule has 1 unspecified atom stereocenters. The van der Waals surface area contributed by atoms with Crippen LogP contribution in [-0.2, 0) is 12.8 Å². The average Bonchev–Trinajstić information content (AvgIpc) is 2.92. The summed E-state index contributed by atoms with van der Waals surface area (Å²) in [5.74, 6) is -0.0583. The fourth-order valence-electron chi connectivity index (χ4n) is 3.40. The predicted octanol–water partition coefficient (Wildman–Crippen LogP) is 4.11. The number of H-pyrrole nitrogens is 1. The van der Waals surface area contributed by atoms with Gasteiger partial charge in [0.2, 0.25) is 0 Å². The molecule has 1 aromatic heterocycles. The van der Waals surface area contributed by atoms with Gasteiger partial charge in [0.05, 0.1) is 0 Å². The quantitative estimate of drug-likeness (QED) is 0.732. The van der Waals surface area contributed by atoms with Gasteiger partial charge in [-0.3, -0.25) is 4.79 Å². The highest BCUT2D eigenvalue weighted by Gasteiger charge is 2.23. The predicted molar refractivity (Wildman–Crippen MR) is 93.0 cm³/mol. The number of carbonyl (C=O) groups excluding carboxylic acids is 1. The molecule has 0 spiro atoms. The van der Waals surface area contributed by atoms with Crippen LogP contribution in [0, 0.1) is 0 Å². The van der Waals surface area contributed by atoms with Gasteiger partial charge in [-0.25, -0.2) is 0 Å². The number of aromatic nitrogens is 1. The number of amides is 1. The Labute approximate surface area is 139 Å². The molecular formula is C19H17ClN2O. The maximum absolute atomic E-state index is 12.4. The topological polar surface area (TPSA) is 44.9 Å². The summed E-state index contributed by atoms with van der Waals surface area (Å²) < 4.78 is 0. The first-order valence-corrected chi connectivity index (χ1v) is 8.23. The van der Waals surface area contributed by atoms with E-state index >= 15 is 0 Å². The van der Waals surface area contributed by atoms with Crippen LogP contribution >= 0.6 is 11.6 Å². The van der Waals surface area contributed by atoms with E-state index in [0.29, 0.717) is 10.6 Å². The largest absolute Gasteiger partial charge is 0.358 e. The van der Waals surface area contributed by atoms with Crippen molar-refractivity contribution in [3.8, 4) is 0 Å². The van der Waals surface area contributed by atoms with E-state index in [1.165, 1.54) is 22.2 Å². The number of para-hydroxylation sites is 1. The molecule has 0 saturated heterocycles. The Bertz CT molecular complexity index is 884. The molecule has 0 fully saturated rings. The summed E-state index contributed by atoms with van der Waals surface area (Å²) in [6, 6.07) is 15.6. The fraction of sp³-hybridized carbons (Fsp3) is 0.211. The molecule has 23 heavy (non-hydrogen) atoms. The number of hydrogen-bond donors (Lipinski definition) is 2. The zero-order valence-electron chi connectivity index (χ0n) is 12.6. The summed E-state index contributed by atoms with van der Waals surface area (Å²) in [6.07, 6.45) is 2.79. The van der Waals surface area contributed by atoms with Crippen molar-refractivity contribution in [3.05, 3.63) is 70.4 Å². The van der Waals surface area contributed by atoms with E-state index in [9.17, 15) is 4.79 Å². The Kier molecular flexibility index (Phi) is 3.58. The van der Waals surface area contributed by atoms with Crippen LogP contribution in [0.5, 0.6) is 0 Å². The molecule has 4 heteroatoms. The third kappa shape index (κ3) is 2.73. The summed E-state index contributed by atoms with van der Waals surface area (Å²) in [5, 5.41) is 5.02. The van der Waals surface area contributed by atoms with Crippen molar-refractivity contribution < 1.29 is 4.79 Å². The lowest BCUT2D eigenvalue weighted by molar-refractivity contribution is 0.0933. The lowest BCUT2D eigenvalue weighted by Gasteiger charge is -2.23. The lowest BCUT2D eigenvalue weighted by Crippen LogP contribution is -2.38. The molecule has 0 bridgehead atoms. The third-order valence-electron chi connectivity index (χ3n) is 4.52. The Morgan fingerprint density at radius 3 is 2.91 bits per heavy atom. The minimum Gasteiger partial charge on any atom is -0.358 e. The molecule has 4 rings (SSSR count). The average molecular weight is 325 g/mol. The van der Waals surface area contributed by atoms with Crippen molar-refractivity contribution in [1.29, 1.82) is 0 Å². The van der Waals surface area contributed by atoms with Crippen molar-refractivity contribution in [2.24, 2.45) is 0 Å². The van der Waals surface area contributed by atoms with Crippen molar-refractivity contribution in [2.75, 3.05) is 0 Å². The molecule has 2 N–H and O–H groups in total. The number of aromatic amines is 1. The zero-order chi connectivity index (χ0) is 15.8. The second-order valence-electron chi connectivity index (χ2n) is 6.05. The molecule has 0 saturated carbocycles. The standard InChI is InChI=1S/C19H17ClN2O/c20-13-5-3-4-12(10-13)19(23)21-14-8-9-16-15-6-1-2-7-17(15)22-18(16)11-14/h1-7,10,14,22H,8-9,11H2,(H,21,23). The summed E-state index contributed by atoms with van der Waals surface area (Å²) >= 11 is 5.96. The first-order valence-electron chi connectivity index (χ1n) is 7.85. The number of aryl methyl sites for hydroxylation is 1. The van der Waals surface area contributed by atoms with E-state index in [4.69, 9.17) is 11.6 Å². The highest BCUT2D eigenvalue weighted by atomic mass is 35.5. The highest BCUT2D eigenvalue weighted by Crippen LogP contribution is 2.29. The van der Waals surface area contributed by atoms with E-state index in [0.717, 1.165) is 19.3 Å². The van der Waals surface area contributed by atoms with Crippen LogP contribution in [0.1, 0.15) is 28.0 Å². The first kappa shape index (κ1) is 14.3. The molecule has 116 valence electrons. The maximum atomic E-state index is 12.4. The number of nitrogens with one attached hydrogen (secondary N) is 2. The molecule has 3 nitrogen and oxygen atoms in total. The van der Waals surface area contributed by atoms with Crippen LogP contribution < -0.4 is 5.32 Å². The molecule has 1 aliphatic carbocycles. The van der Waals surface area contributed by atoms with Gasteiger partial charge in [0.25, 0.3) is 5.91 Å². The smallest absolute Gasteiger partial charge is 0.251 e. The highest BCUT2D eigenvalue weighted by molar-refractivity contribution is 6.30. The molecule has 1 heterocycles. The summed E-state index contributed by atoms with van der Waals surface area (Å²) in [6.45, 7) is 0. The molecule has 1 atom stereocenters. The minimum absolute atomic E-state index is 0.0583. The van der Waals surface area contributed by atoms with Gasteiger partial charge in [-0.2, -0.15) is 0 Å². The number of hydrogen-bond acceptors (Lipinski definition) is 1. The Hall–Kier alpha value is -2.26. The van der Waals surface area contributed by atoms with Crippen molar-refractivity contribution >= 4 is 28.4 Å². The first-order chi connectivity index (χ1) is 11.2. The zero-order valence-corrected chi connectivity index (χ0v) is 13.4. The minimum atomic E-state index is -0.0583. The second kappa shape index (κ2) is 5.74. The third-order valence-corrected chi connectivity index (χ3v) is 4.75. The van der Waals surface area contributed by atoms with Crippen molar-refractivity contribution in [1.82, 2.24) is 10.3 Å². The summed E-state index contributed by atoms with van der Waals surface area (Å²) in [5.41, 5.74) is 4.43. The van der Waals surface area contributed by atoms with Gasteiger partial charge >= 0.3 is 0 Å². The monoisotopic (exact) mass is 324 g/mol. The fourth-order valence-corrected chi connectivity index (χ4v) is 3.59. The Balaban J connectivity index is 1.53. The van der Waals surface area contributed by atoms with Gasteiger partial charge < -0.3 is 10.3 Å². The molecular weight excluding hydrogens is 308 g/mol. The Morgan fingerprint density at radius 1 is 1.17 bits per heavy atom. The van der Waals surface area contributed by atoms with Gasteiger partial charge in [0.1, 0.15) is 0 Å². The number of benzene rings is 2. The van der Waals surface area contributed by atoms with E-state index in [1.807, 2.05) is 6.07 Å². The number of halogens is 1. The van der Waals surface area contributed by atoms with Gasteiger partial charge in [-0.1, -0.05) is 35.9 Å². The van der Waals surface area contributed by atoms with Gasteiger partial charge in [0.15, 0.2) is 0 Å². The van der Waals surface area contributed by atoms with Gasteiger partial charge in [0, 0.05) is 39.6 Å². The van der Waals surface area contributed by atoms with Crippen LogP contribution in [0.4, 0.5) is 0 Å². The van der Waals surface area contributed by atoms with Gasteiger partial charge in [-0.15, -0.1) is 0 Å². The van der Waals surface area contributed by atoms with Crippen LogP contribution in [0.25, 0.3) is 10.9 Å².